The van der Waals surface area contributed by atoms with Crippen molar-refractivity contribution in [3.8, 4) is 0 Å². The lowest BCUT2D eigenvalue weighted by Gasteiger charge is -2.29. The molecule has 0 N–H and O–H groups in total. The molecule has 0 aliphatic carbocycles. The molecule has 7 heteroatoms. The van der Waals surface area contributed by atoms with Gasteiger partial charge in [-0.2, -0.15) is 0 Å². The fraction of sp³-hybridized carbons (Fsp3) is 0.667. The molecule has 1 atom stereocenters. The molecule has 1 unspecified atom stereocenters. The van der Waals surface area contributed by atoms with Gasteiger partial charge < -0.3 is 13.3 Å². The van der Waals surface area contributed by atoms with Crippen molar-refractivity contribution >= 4 is 20.8 Å². The van der Waals surface area contributed by atoms with Crippen molar-refractivity contribution in [2.24, 2.45) is 0 Å². The number of hydrogen-bond acceptors (Lipinski definition) is 5. The second-order valence-corrected chi connectivity index (χ2v) is 7.77. The van der Waals surface area contributed by atoms with E-state index in [4.69, 9.17) is 13.3 Å². The Labute approximate surface area is 102 Å². The SMILES string of the molecule is CO[Si](OC)(OC)C(C)CSn1ccnc1. The number of rotatable bonds is 7. The van der Waals surface area contributed by atoms with E-state index in [2.05, 4.69) is 11.9 Å². The standard InChI is InChI=1S/C9H18N2O3SSi/c1-9(16(12-2,13-3)14-4)7-15-11-6-5-10-8-11/h5-6,8-9H,7H2,1-4H3. The highest BCUT2D eigenvalue weighted by Gasteiger charge is 2.44. The third kappa shape index (κ3) is 3.08. The Hall–Kier alpha value is -0.343. The van der Waals surface area contributed by atoms with Gasteiger partial charge in [-0.1, -0.05) is 6.92 Å². The van der Waals surface area contributed by atoms with Crippen LogP contribution in [0.25, 0.3) is 0 Å². The number of hydrogen-bond donors (Lipinski definition) is 0. The van der Waals surface area contributed by atoms with Crippen LogP contribution < -0.4 is 0 Å². The summed E-state index contributed by atoms with van der Waals surface area (Å²) in [6, 6.07) is 0. The zero-order valence-electron chi connectivity index (χ0n) is 10.0. The van der Waals surface area contributed by atoms with Gasteiger partial charge in [0, 0.05) is 45.0 Å². The van der Waals surface area contributed by atoms with E-state index in [1.807, 2.05) is 10.2 Å². The summed E-state index contributed by atoms with van der Waals surface area (Å²) in [4.78, 5) is 3.98. The average Bonchev–Trinajstić information content (AvgIpc) is 2.82. The minimum Gasteiger partial charge on any atom is -0.377 e. The Kier molecular flexibility index (Phi) is 5.49. The fourth-order valence-electron chi connectivity index (χ4n) is 1.48. The van der Waals surface area contributed by atoms with Crippen LogP contribution in [-0.4, -0.2) is 44.8 Å². The van der Waals surface area contributed by atoms with Crippen LogP contribution in [0.1, 0.15) is 6.92 Å². The van der Waals surface area contributed by atoms with Gasteiger partial charge in [-0.05, 0) is 11.9 Å². The topological polar surface area (TPSA) is 45.5 Å². The van der Waals surface area contributed by atoms with Crippen molar-refractivity contribution in [1.29, 1.82) is 0 Å². The largest absolute Gasteiger partial charge is 0.504 e. The van der Waals surface area contributed by atoms with Crippen molar-refractivity contribution in [2.45, 2.75) is 12.5 Å². The highest BCUT2D eigenvalue weighted by molar-refractivity contribution is 7.97. The van der Waals surface area contributed by atoms with Gasteiger partial charge in [0.2, 0.25) is 0 Å². The Balaban J connectivity index is 2.52. The Morgan fingerprint density at radius 2 is 1.94 bits per heavy atom. The van der Waals surface area contributed by atoms with Crippen LogP contribution in [0.5, 0.6) is 0 Å². The number of aromatic nitrogens is 2. The molecular weight excluding hydrogens is 244 g/mol. The zero-order valence-corrected chi connectivity index (χ0v) is 11.9. The predicted octanol–water partition coefficient (Wildman–Crippen LogP) is 1.65. The molecule has 0 aliphatic heterocycles. The molecule has 0 aliphatic rings. The summed E-state index contributed by atoms with van der Waals surface area (Å²) >= 11 is 1.66. The first-order chi connectivity index (χ1) is 7.68. The molecule has 0 fully saturated rings. The van der Waals surface area contributed by atoms with E-state index in [9.17, 15) is 0 Å². The van der Waals surface area contributed by atoms with Gasteiger partial charge in [-0.3, -0.25) is 3.97 Å². The van der Waals surface area contributed by atoms with E-state index < -0.39 is 8.80 Å². The molecule has 0 amide bonds. The average molecular weight is 262 g/mol. The number of nitrogens with zero attached hydrogens (tertiary/aromatic N) is 2. The summed E-state index contributed by atoms with van der Waals surface area (Å²) in [5.74, 6) is 0.859. The van der Waals surface area contributed by atoms with E-state index in [1.54, 1.807) is 45.8 Å². The Morgan fingerprint density at radius 3 is 2.38 bits per heavy atom. The third-order valence-electron chi connectivity index (χ3n) is 2.41. The van der Waals surface area contributed by atoms with E-state index in [0.29, 0.717) is 0 Å². The van der Waals surface area contributed by atoms with E-state index in [-0.39, 0.29) is 5.54 Å². The molecule has 92 valence electrons. The van der Waals surface area contributed by atoms with Crippen LogP contribution in [0.4, 0.5) is 0 Å². The van der Waals surface area contributed by atoms with Crippen molar-refractivity contribution in [2.75, 3.05) is 27.1 Å². The van der Waals surface area contributed by atoms with Gasteiger partial charge in [0.05, 0.1) is 0 Å². The lowest BCUT2D eigenvalue weighted by molar-refractivity contribution is 0.116. The van der Waals surface area contributed by atoms with E-state index in [0.717, 1.165) is 5.75 Å². The summed E-state index contributed by atoms with van der Waals surface area (Å²) < 4.78 is 18.2. The van der Waals surface area contributed by atoms with Crippen LogP contribution in [0.3, 0.4) is 0 Å². The molecule has 1 aromatic heterocycles. The molecule has 5 nitrogen and oxygen atoms in total. The van der Waals surface area contributed by atoms with Crippen LogP contribution in [-0.2, 0) is 13.3 Å². The Morgan fingerprint density at radius 1 is 1.31 bits per heavy atom. The Bertz CT molecular complexity index is 285. The smallest absolute Gasteiger partial charge is 0.377 e. The molecule has 0 aromatic carbocycles. The summed E-state index contributed by atoms with van der Waals surface area (Å²) in [7, 11) is 2.40. The molecule has 1 heterocycles. The minimum absolute atomic E-state index is 0.222. The summed E-state index contributed by atoms with van der Waals surface area (Å²) in [6.45, 7) is 2.08. The molecule has 16 heavy (non-hydrogen) atoms. The molecule has 0 saturated heterocycles. The van der Waals surface area contributed by atoms with Crippen molar-refractivity contribution in [3.63, 3.8) is 0 Å². The highest BCUT2D eigenvalue weighted by Crippen LogP contribution is 2.27. The molecule has 0 bridgehead atoms. The van der Waals surface area contributed by atoms with E-state index in [1.165, 1.54) is 0 Å². The highest BCUT2D eigenvalue weighted by atomic mass is 32.2. The number of imidazole rings is 1. The normalized spacial score (nSPS) is 14.0. The predicted molar refractivity (Wildman–Crippen MR) is 66.3 cm³/mol. The van der Waals surface area contributed by atoms with Gasteiger partial charge in [-0.15, -0.1) is 0 Å². The van der Waals surface area contributed by atoms with Gasteiger partial charge in [0.1, 0.15) is 6.33 Å². The second-order valence-electron chi connectivity index (χ2n) is 3.34. The van der Waals surface area contributed by atoms with Crippen LogP contribution in [0, 0.1) is 0 Å². The van der Waals surface area contributed by atoms with Crippen molar-refractivity contribution in [1.82, 2.24) is 8.96 Å². The maximum Gasteiger partial charge on any atom is 0.504 e. The first kappa shape index (κ1) is 13.7. The lowest BCUT2D eigenvalue weighted by atomic mass is 10.6. The molecule has 0 radical (unpaired) electrons. The maximum absolute atomic E-state index is 5.42. The zero-order chi connectivity index (χ0) is 12.0. The lowest BCUT2D eigenvalue weighted by Crippen LogP contribution is -2.47. The quantitative estimate of drug-likeness (QED) is 0.699. The van der Waals surface area contributed by atoms with Crippen LogP contribution in [0.15, 0.2) is 18.7 Å². The van der Waals surface area contributed by atoms with Crippen molar-refractivity contribution < 1.29 is 13.3 Å². The van der Waals surface area contributed by atoms with Crippen molar-refractivity contribution in [3.05, 3.63) is 18.7 Å². The first-order valence-corrected chi connectivity index (χ1v) is 7.69. The summed E-state index contributed by atoms with van der Waals surface area (Å²) in [6.07, 6.45) is 5.44. The molecule has 0 spiro atoms. The van der Waals surface area contributed by atoms with Crippen LogP contribution >= 0.6 is 11.9 Å². The van der Waals surface area contributed by atoms with Crippen LogP contribution in [0.2, 0.25) is 5.54 Å². The maximum atomic E-state index is 5.42. The molecule has 0 saturated carbocycles. The monoisotopic (exact) mass is 262 g/mol. The van der Waals surface area contributed by atoms with Gasteiger partial charge in [-0.25, -0.2) is 4.98 Å². The van der Waals surface area contributed by atoms with Gasteiger partial charge in [0.25, 0.3) is 0 Å². The minimum atomic E-state index is -2.51. The van der Waals surface area contributed by atoms with E-state index >= 15 is 0 Å². The first-order valence-electron chi connectivity index (χ1n) is 4.95. The molecule has 1 rings (SSSR count). The van der Waals surface area contributed by atoms with Gasteiger partial charge in [0.15, 0.2) is 0 Å². The molecule has 1 aromatic rings. The second kappa shape index (κ2) is 6.41. The third-order valence-corrected chi connectivity index (χ3v) is 6.99. The molecular formula is C9H18N2O3SSi. The summed E-state index contributed by atoms with van der Waals surface area (Å²) in [5.41, 5.74) is 0.222. The fourth-order valence-corrected chi connectivity index (χ4v) is 4.88. The summed E-state index contributed by atoms with van der Waals surface area (Å²) in [5, 5.41) is 0. The van der Waals surface area contributed by atoms with Gasteiger partial charge >= 0.3 is 8.80 Å².